The first-order chi connectivity index (χ1) is 7.15. The van der Waals surface area contributed by atoms with E-state index in [9.17, 15) is 4.79 Å². The number of carbonyl (C=O) groups excluding carboxylic acids is 1. The molecule has 0 heterocycles. The number of aryl methyl sites for hydroxylation is 1. The Balaban J connectivity index is 2.92. The molecule has 0 atom stereocenters. The second kappa shape index (κ2) is 5.88. The fourth-order valence-corrected chi connectivity index (χ4v) is 1.89. The molecule has 0 aromatic heterocycles. The number of benzene rings is 1. The van der Waals surface area contributed by atoms with Gasteiger partial charge in [0.15, 0.2) is 0 Å². The Morgan fingerprint density at radius 2 is 2.27 bits per heavy atom. The molecule has 82 valence electrons. The SMILES string of the molecule is CC(=O)Nc1c(Br)cccc1CCCN. The molecule has 4 heteroatoms. The Labute approximate surface area is 98.2 Å². The van der Waals surface area contributed by atoms with Crippen molar-refractivity contribution in [3.63, 3.8) is 0 Å². The summed E-state index contributed by atoms with van der Waals surface area (Å²) in [5, 5.41) is 2.82. The zero-order valence-corrected chi connectivity index (χ0v) is 10.3. The number of amides is 1. The molecule has 1 aromatic carbocycles. The van der Waals surface area contributed by atoms with E-state index in [1.807, 2.05) is 18.2 Å². The summed E-state index contributed by atoms with van der Waals surface area (Å²) in [7, 11) is 0. The summed E-state index contributed by atoms with van der Waals surface area (Å²) in [6.07, 6.45) is 1.80. The number of hydrogen-bond donors (Lipinski definition) is 2. The lowest BCUT2D eigenvalue weighted by Crippen LogP contribution is -2.10. The molecule has 0 saturated heterocycles. The Morgan fingerprint density at radius 1 is 1.53 bits per heavy atom. The van der Waals surface area contributed by atoms with Gasteiger partial charge in [-0.3, -0.25) is 4.79 Å². The second-order valence-corrected chi connectivity index (χ2v) is 4.20. The van der Waals surface area contributed by atoms with Gasteiger partial charge in [-0.15, -0.1) is 0 Å². The molecule has 0 spiro atoms. The smallest absolute Gasteiger partial charge is 0.221 e. The lowest BCUT2D eigenvalue weighted by molar-refractivity contribution is -0.114. The number of para-hydroxylation sites is 1. The van der Waals surface area contributed by atoms with Crippen LogP contribution in [-0.2, 0) is 11.2 Å². The minimum Gasteiger partial charge on any atom is -0.330 e. The summed E-state index contributed by atoms with van der Waals surface area (Å²) in [5.41, 5.74) is 7.44. The molecule has 3 nitrogen and oxygen atoms in total. The van der Waals surface area contributed by atoms with Crippen molar-refractivity contribution < 1.29 is 4.79 Å². The van der Waals surface area contributed by atoms with Gasteiger partial charge in [0.05, 0.1) is 5.69 Å². The molecule has 0 aliphatic rings. The molecule has 0 bridgehead atoms. The van der Waals surface area contributed by atoms with Crippen LogP contribution in [0.4, 0.5) is 5.69 Å². The second-order valence-electron chi connectivity index (χ2n) is 3.35. The minimum absolute atomic E-state index is 0.0594. The predicted molar refractivity (Wildman–Crippen MR) is 65.8 cm³/mol. The Morgan fingerprint density at radius 3 is 2.87 bits per heavy atom. The van der Waals surface area contributed by atoms with Crippen molar-refractivity contribution in [2.45, 2.75) is 19.8 Å². The first kappa shape index (κ1) is 12.2. The molecule has 1 rings (SSSR count). The van der Waals surface area contributed by atoms with E-state index in [1.54, 1.807) is 0 Å². The van der Waals surface area contributed by atoms with E-state index in [-0.39, 0.29) is 5.91 Å². The van der Waals surface area contributed by atoms with Crippen molar-refractivity contribution in [1.82, 2.24) is 0 Å². The zero-order valence-electron chi connectivity index (χ0n) is 8.72. The maximum Gasteiger partial charge on any atom is 0.221 e. The van der Waals surface area contributed by atoms with Crippen molar-refractivity contribution in [3.05, 3.63) is 28.2 Å². The molecule has 0 saturated carbocycles. The lowest BCUT2D eigenvalue weighted by Gasteiger charge is -2.11. The largest absolute Gasteiger partial charge is 0.330 e. The molecule has 1 aromatic rings. The highest BCUT2D eigenvalue weighted by molar-refractivity contribution is 9.10. The van der Waals surface area contributed by atoms with Gasteiger partial charge in [-0.05, 0) is 46.9 Å². The lowest BCUT2D eigenvalue weighted by atomic mass is 10.1. The third-order valence-electron chi connectivity index (χ3n) is 2.05. The molecular weight excluding hydrogens is 256 g/mol. The quantitative estimate of drug-likeness (QED) is 0.882. The van der Waals surface area contributed by atoms with Gasteiger partial charge in [0.1, 0.15) is 0 Å². The molecule has 0 fully saturated rings. The van der Waals surface area contributed by atoms with Gasteiger partial charge < -0.3 is 11.1 Å². The van der Waals surface area contributed by atoms with E-state index < -0.39 is 0 Å². The van der Waals surface area contributed by atoms with Crippen molar-refractivity contribution >= 4 is 27.5 Å². The molecule has 15 heavy (non-hydrogen) atoms. The molecule has 1 amide bonds. The predicted octanol–water partition coefficient (Wildman–Crippen LogP) is 2.30. The number of halogens is 1. The highest BCUT2D eigenvalue weighted by Crippen LogP contribution is 2.27. The normalized spacial score (nSPS) is 10.1. The van der Waals surface area contributed by atoms with Gasteiger partial charge in [0, 0.05) is 11.4 Å². The number of rotatable bonds is 4. The van der Waals surface area contributed by atoms with Crippen molar-refractivity contribution in [2.75, 3.05) is 11.9 Å². The van der Waals surface area contributed by atoms with Crippen LogP contribution >= 0.6 is 15.9 Å². The van der Waals surface area contributed by atoms with E-state index in [0.29, 0.717) is 6.54 Å². The van der Waals surface area contributed by atoms with Crippen molar-refractivity contribution in [2.24, 2.45) is 5.73 Å². The molecule has 0 aliphatic heterocycles. The van der Waals surface area contributed by atoms with Crippen LogP contribution < -0.4 is 11.1 Å². The summed E-state index contributed by atoms with van der Waals surface area (Å²) in [5.74, 6) is -0.0594. The van der Waals surface area contributed by atoms with E-state index in [0.717, 1.165) is 28.6 Å². The highest BCUT2D eigenvalue weighted by Gasteiger charge is 2.07. The first-order valence-electron chi connectivity index (χ1n) is 4.90. The van der Waals surface area contributed by atoms with Gasteiger partial charge in [0.2, 0.25) is 5.91 Å². The van der Waals surface area contributed by atoms with Crippen molar-refractivity contribution in [1.29, 1.82) is 0 Å². The van der Waals surface area contributed by atoms with Crippen LogP contribution in [-0.4, -0.2) is 12.5 Å². The third-order valence-corrected chi connectivity index (χ3v) is 2.71. The standard InChI is InChI=1S/C11H15BrN2O/c1-8(15)14-11-9(5-3-7-13)4-2-6-10(11)12/h2,4,6H,3,5,7,13H2,1H3,(H,14,15). The van der Waals surface area contributed by atoms with Crippen molar-refractivity contribution in [3.8, 4) is 0 Å². The van der Waals surface area contributed by atoms with Crippen LogP contribution in [0, 0.1) is 0 Å². The van der Waals surface area contributed by atoms with Crippen LogP contribution in [0.1, 0.15) is 18.9 Å². The fourth-order valence-electron chi connectivity index (χ4n) is 1.39. The van der Waals surface area contributed by atoms with Gasteiger partial charge in [-0.25, -0.2) is 0 Å². The third kappa shape index (κ3) is 3.64. The number of hydrogen-bond acceptors (Lipinski definition) is 2. The average Bonchev–Trinajstić information content (AvgIpc) is 2.18. The van der Waals surface area contributed by atoms with Gasteiger partial charge in [-0.2, -0.15) is 0 Å². The van der Waals surface area contributed by atoms with E-state index >= 15 is 0 Å². The Bertz CT molecular complexity index is 352. The molecule has 3 N–H and O–H groups in total. The van der Waals surface area contributed by atoms with E-state index in [2.05, 4.69) is 21.2 Å². The van der Waals surface area contributed by atoms with Gasteiger partial charge in [0.25, 0.3) is 0 Å². The van der Waals surface area contributed by atoms with Gasteiger partial charge >= 0.3 is 0 Å². The highest BCUT2D eigenvalue weighted by atomic mass is 79.9. The van der Waals surface area contributed by atoms with Crippen LogP contribution in [0.2, 0.25) is 0 Å². The average molecular weight is 271 g/mol. The first-order valence-corrected chi connectivity index (χ1v) is 5.69. The van der Waals surface area contributed by atoms with Crippen LogP contribution in [0.25, 0.3) is 0 Å². The summed E-state index contributed by atoms with van der Waals surface area (Å²) in [6, 6.07) is 5.88. The fraction of sp³-hybridized carbons (Fsp3) is 0.364. The van der Waals surface area contributed by atoms with E-state index in [4.69, 9.17) is 5.73 Å². The topological polar surface area (TPSA) is 55.1 Å². The summed E-state index contributed by atoms with van der Waals surface area (Å²) in [4.78, 5) is 11.0. The van der Waals surface area contributed by atoms with Crippen LogP contribution in [0.15, 0.2) is 22.7 Å². The monoisotopic (exact) mass is 270 g/mol. The maximum absolute atomic E-state index is 11.0. The molecule has 0 aliphatic carbocycles. The van der Waals surface area contributed by atoms with E-state index in [1.165, 1.54) is 6.92 Å². The minimum atomic E-state index is -0.0594. The zero-order chi connectivity index (χ0) is 11.3. The summed E-state index contributed by atoms with van der Waals surface area (Å²) >= 11 is 3.42. The number of nitrogens with two attached hydrogens (primary N) is 1. The Hall–Kier alpha value is -0.870. The molecular formula is C11H15BrN2O. The summed E-state index contributed by atoms with van der Waals surface area (Å²) in [6.45, 7) is 2.16. The molecule has 0 unspecified atom stereocenters. The number of anilines is 1. The maximum atomic E-state index is 11.0. The Kier molecular flexibility index (Phi) is 4.78. The summed E-state index contributed by atoms with van der Waals surface area (Å²) < 4.78 is 0.909. The van der Waals surface area contributed by atoms with Crippen LogP contribution in [0.5, 0.6) is 0 Å². The molecule has 0 radical (unpaired) electrons. The number of carbonyl (C=O) groups is 1. The van der Waals surface area contributed by atoms with Crippen LogP contribution in [0.3, 0.4) is 0 Å². The van der Waals surface area contributed by atoms with Gasteiger partial charge in [-0.1, -0.05) is 12.1 Å². The number of nitrogens with one attached hydrogen (secondary N) is 1.